The lowest BCUT2D eigenvalue weighted by Gasteiger charge is -2.36. The van der Waals surface area contributed by atoms with Crippen molar-refractivity contribution in [2.24, 2.45) is 11.8 Å². The number of nitrogens with zero attached hydrogens (tertiary/aromatic N) is 4. The Balaban J connectivity index is 1.31. The van der Waals surface area contributed by atoms with E-state index < -0.39 is 4.92 Å². The molecule has 0 spiro atoms. The minimum atomic E-state index is -0.432. The fourth-order valence-electron chi connectivity index (χ4n) is 5.11. The Bertz CT molecular complexity index is 1130. The maximum Gasteiger partial charge on any atom is 0.294 e. The van der Waals surface area contributed by atoms with Gasteiger partial charge in [-0.25, -0.2) is 4.90 Å². The van der Waals surface area contributed by atoms with Crippen LogP contribution in [0.15, 0.2) is 54.6 Å². The number of hydrogen-bond donors (Lipinski definition) is 0. The van der Waals surface area contributed by atoms with E-state index >= 15 is 0 Å². The van der Waals surface area contributed by atoms with Gasteiger partial charge in [-0.1, -0.05) is 35.9 Å². The first kappa shape index (κ1) is 22.6. The molecule has 2 heterocycles. The zero-order valence-corrected chi connectivity index (χ0v) is 19.4. The molecule has 34 heavy (non-hydrogen) atoms. The summed E-state index contributed by atoms with van der Waals surface area (Å²) in [4.78, 5) is 42.8. The number of anilines is 2. The van der Waals surface area contributed by atoms with E-state index in [-0.39, 0.29) is 35.0 Å². The Morgan fingerprint density at radius 2 is 1.53 bits per heavy atom. The predicted octanol–water partition coefficient (Wildman–Crippen LogP) is 4.03. The molecule has 8 nitrogen and oxygen atoms in total. The highest BCUT2D eigenvalue weighted by molar-refractivity contribution is 6.30. The van der Waals surface area contributed by atoms with Crippen LogP contribution in [0.25, 0.3) is 0 Å². The van der Waals surface area contributed by atoms with Crippen molar-refractivity contribution in [3.05, 3.63) is 75.3 Å². The second-order valence-corrected chi connectivity index (χ2v) is 9.42. The van der Waals surface area contributed by atoms with Crippen molar-refractivity contribution in [1.29, 1.82) is 0 Å². The first-order valence-electron chi connectivity index (χ1n) is 11.5. The highest BCUT2D eigenvalue weighted by Crippen LogP contribution is 2.40. The Morgan fingerprint density at radius 1 is 0.912 bits per heavy atom. The van der Waals surface area contributed by atoms with Crippen LogP contribution >= 0.6 is 11.6 Å². The van der Waals surface area contributed by atoms with Crippen LogP contribution in [0.1, 0.15) is 18.4 Å². The first-order valence-corrected chi connectivity index (χ1v) is 11.8. The van der Waals surface area contributed by atoms with Gasteiger partial charge >= 0.3 is 0 Å². The molecule has 1 aliphatic carbocycles. The topological polar surface area (TPSA) is 87.0 Å². The molecular weight excluding hydrogens is 456 g/mol. The van der Waals surface area contributed by atoms with Crippen LogP contribution in [0.4, 0.5) is 17.1 Å². The Hall–Kier alpha value is -3.23. The Labute approximate surface area is 202 Å². The van der Waals surface area contributed by atoms with E-state index in [1.807, 2.05) is 41.3 Å². The van der Waals surface area contributed by atoms with E-state index in [9.17, 15) is 19.7 Å². The second-order valence-electron chi connectivity index (χ2n) is 8.99. The molecule has 5 rings (SSSR count). The molecule has 0 radical (unpaired) electrons. The van der Waals surface area contributed by atoms with E-state index in [1.165, 1.54) is 11.6 Å². The average Bonchev–Trinajstić information content (AvgIpc) is 3.11. The van der Waals surface area contributed by atoms with Crippen LogP contribution in [0, 0.1) is 22.0 Å². The third-order valence-electron chi connectivity index (χ3n) is 6.95. The Kier molecular flexibility index (Phi) is 6.10. The number of fused-ring (bicyclic) bond motifs is 1. The SMILES string of the molecule is O=C1C2CC=CCC2C(=O)N1c1ccc(N2CCN(Cc3ccc(Cl)cc3)CC2)c([N+](=O)[O-])c1. The molecule has 9 heteroatoms. The molecule has 2 aliphatic heterocycles. The maximum atomic E-state index is 12.9. The van der Waals surface area contributed by atoms with Crippen LogP contribution < -0.4 is 9.80 Å². The Morgan fingerprint density at radius 3 is 2.12 bits per heavy atom. The number of nitro groups is 1. The molecule has 2 unspecified atom stereocenters. The molecule has 2 fully saturated rings. The summed E-state index contributed by atoms with van der Waals surface area (Å²) in [5, 5.41) is 12.6. The molecule has 0 saturated carbocycles. The molecule has 0 N–H and O–H groups in total. The van der Waals surface area contributed by atoms with Gasteiger partial charge in [0, 0.05) is 43.8 Å². The molecule has 0 bridgehead atoms. The summed E-state index contributed by atoms with van der Waals surface area (Å²) in [6.45, 7) is 3.61. The molecule has 3 aliphatic rings. The number of carbonyl (C=O) groups is 2. The minimum absolute atomic E-state index is 0.0859. The number of hydrogen-bond acceptors (Lipinski definition) is 6. The number of amides is 2. The standard InChI is InChI=1S/C25H25ClN4O4/c26-18-7-5-17(6-8-18)16-27-11-13-28(14-12-27)22-10-9-19(15-23(22)30(33)34)29-24(31)20-3-1-2-4-21(20)25(29)32/h1-2,5-10,15,20-21H,3-4,11-14,16H2. The molecule has 2 atom stereocenters. The van der Waals surface area contributed by atoms with Gasteiger partial charge in [0.1, 0.15) is 5.69 Å². The zero-order valence-electron chi connectivity index (χ0n) is 18.6. The fourth-order valence-corrected chi connectivity index (χ4v) is 5.24. The molecule has 2 aromatic rings. The number of halogens is 1. The summed E-state index contributed by atoms with van der Waals surface area (Å²) in [7, 11) is 0. The average molecular weight is 481 g/mol. The van der Waals surface area contributed by atoms with Crippen LogP contribution in [-0.2, 0) is 16.1 Å². The number of allylic oxidation sites excluding steroid dienone is 2. The lowest BCUT2D eigenvalue weighted by Crippen LogP contribution is -2.46. The number of benzene rings is 2. The molecular formula is C25H25ClN4O4. The number of carbonyl (C=O) groups excluding carboxylic acids is 2. The summed E-state index contributed by atoms with van der Waals surface area (Å²) in [5.41, 5.74) is 1.88. The normalized spacial score (nSPS) is 22.9. The summed E-state index contributed by atoms with van der Waals surface area (Å²) in [6.07, 6.45) is 4.92. The van der Waals surface area contributed by atoms with Gasteiger partial charge in [0.25, 0.3) is 5.69 Å². The zero-order chi connectivity index (χ0) is 23.8. The van der Waals surface area contributed by atoms with Gasteiger partial charge in [-0.05, 0) is 42.7 Å². The largest absolute Gasteiger partial charge is 0.363 e. The number of rotatable bonds is 5. The van der Waals surface area contributed by atoms with Gasteiger partial charge in [0.15, 0.2) is 0 Å². The molecule has 2 saturated heterocycles. The van der Waals surface area contributed by atoms with Gasteiger partial charge in [-0.15, -0.1) is 0 Å². The highest BCUT2D eigenvalue weighted by Gasteiger charge is 2.48. The minimum Gasteiger partial charge on any atom is -0.363 e. The quantitative estimate of drug-likeness (QED) is 0.278. The highest BCUT2D eigenvalue weighted by atomic mass is 35.5. The molecule has 2 amide bonds. The number of imide groups is 1. The smallest absolute Gasteiger partial charge is 0.294 e. The van der Waals surface area contributed by atoms with Gasteiger partial charge < -0.3 is 4.90 Å². The maximum absolute atomic E-state index is 12.9. The fraction of sp³-hybridized carbons (Fsp3) is 0.360. The summed E-state index contributed by atoms with van der Waals surface area (Å²) < 4.78 is 0. The van der Waals surface area contributed by atoms with Crippen molar-refractivity contribution in [2.75, 3.05) is 36.0 Å². The lowest BCUT2D eigenvalue weighted by molar-refractivity contribution is -0.384. The van der Waals surface area contributed by atoms with Gasteiger partial charge in [-0.2, -0.15) is 0 Å². The van der Waals surface area contributed by atoms with E-state index in [4.69, 9.17) is 11.6 Å². The van der Waals surface area contributed by atoms with Crippen molar-refractivity contribution in [3.63, 3.8) is 0 Å². The molecule has 0 aromatic heterocycles. The third kappa shape index (κ3) is 4.19. The molecule has 2 aromatic carbocycles. The van der Waals surface area contributed by atoms with Crippen molar-refractivity contribution in [1.82, 2.24) is 4.90 Å². The lowest BCUT2D eigenvalue weighted by atomic mass is 9.85. The van der Waals surface area contributed by atoms with E-state index in [0.717, 1.165) is 24.5 Å². The number of nitro benzene ring substituents is 1. The van der Waals surface area contributed by atoms with Crippen LogP contribution in [0.5, 0.6) is 0 Å². The van der Waals surface area contributed by atoms with Crippen LogP contribution in [-0.4, -0.2) is 47.8 Å². The third-order valence-corrected chi connectivity index (χ3v) is 7.21. The van der Waals surface area contributed by atoms with Crippen molar-refractivity contribution >= 4 is 40.5 Å². The van der Waals surface area contributed by atoms with Crippen LogP contribution in [0.2, 0.25) is 5.02 Å². The number of piperazine rings is 1. The predicted molar refractivity (Wildman–Crippen MR) is 130 cm³/mol. The van der Waals surface area contributed by atoms with Crippen molar-refractivity contribution in [3.8, 4) is 0 Å². The summed E-state index contributed by atoms with van der Waals surface area (Å²) in [6, 6.07) is 12.5. The first-order chi connectivity index (χ1) is 16.4. The molecule has 176 valence electrons. The van der Waals surface area contributed by atoms with Crippen LogP contribution in [0.3, 0.4) is 0 Å². The second kappa shape index (κ2) is 9.19. The summed E-state index contributed by atoms with van der Waals surface area (Å²) in [5.74, 6) is -1.27. The van der Waals surface area contributed by atoms with Gasteiger partial charge in [-0.3, -0.25) is 24.6 Å². The van der Waals surface area contributed by atoms with E-state index in [2.05, 4.69) is 4.90 Å². The van der Waals surface area contributed by atoms with E-state index in [1.54, 1.807) is 12.1 Å². The van der Waals surface area contributed by atoms with Gasteiger partial charge in [0.2, 0.25) is 11.8 Å². The van der Waals surface area contributed by atoms with Crippen molar-refractivity contribution < 1.29 is 14.5 Å². The van der Waals surface area contributed by atoms with Gasteiger partial charge in [0.05, 0.1) is 22.4 Å². The summed E-state index contributed by atoms with van der Waals surface area (Å²) >= 11 is 5.96. The van der Waals surface area contributed by atoms with Crippen molar-refractivity contribution in [2.45, 2.75) is 19.4 Å². The van der Waals surface area contributed by atoms with E-state index in [0.29, 0.717) is 36.6 Å². The monoisotopic (exact) mass is 480 g/mol.